The van der Waals surface area contributed by atoms with E-state index in [1.807, 2.05) is 12.1 Å². The van der Waals surface area contributed by atoms with Crippen LogP contribution in [0.25, 0.3) is 11.1 Å². The molecule has 6 nitrogen and oxygen atoms in total. The quantitative estimate of drug-likeness (QED) is 0.708. The summed E-state index contributed by atoms with van der Waals surface area (Å²) < 4.78 is 20.3. The smallest absolute Gasteiger partial charge is 0.222 e. The zero-order valence-electron chi connectivity index (χ0n) is 17.9. The number of hydrogen-bond donors (Lipinski definition) is 2. The van der Waals surface area contributed by atoms with Crippen molar-refractivity contribution in [3.63, 3.8) is 0 Å². The largest absolute Gasteiger partial charge is 0.484 e. The Bertz CT molecular complexity index is 1010. The highest BCUT2D eigenvalue weighted by atomic mass is 35.5. The summed E-state index contributed by atoms with van der Waals surface area (Å²) in [6, 6.07) is 9.88. The number of halogens is 2. The number of rotatable bonds is 5. The molecule has 0 amide bonds. The third kappa shape index (κ3) is 4.10. The molecule has 2 aliphatic heterocycles. The zero-order chi connectivity index (χ0) is 22.4. The van der Waals surface area contributed by atoms with Crippen molar-refractivity contribution in [3.05, 3.63) is 52.8 Å². The Hall–Kier alpha value is -2.35. The Labute approximate surface area is 186 Å². The molecule has 2 unspecified atom stereocenters. The summed E-state index contributed by atoms with van der Waals surface area (Å²) in [5.74, 6) is 0.827. The van der Waals surface area contributed by atoms with E-state index in [1.54, 1.807) is 19.2 Å². The molecule has 31 heavy (non-hydrogen) atoms. The minimum atomic E-state index is -1.14. The van der Waals surface area contributed by atoms with Gasteiger partial charge in [-0.1, -0.05) is 31.5 Å². The van der Waals surface area contributed by atoms with Crippen LogP contribution < -0.4 is 10.5 Å². The molecule has 1 spiro atoms. The van der Waals surface area contributed by atoms with E-state index >= 15 is 0 Å². The predicted octanol–water partition coefficient (Wildman–Crippen LogP) is 4.44. The number of aliphatic hydroxyl groups is 1. The maximum Gasteiger partial charge on any atom is 0.222 e. The fraction of sp³-hybridized carbons (Fsp3) is 0.435. The number of nitrogens with two attached hydrogens (primary N) is 1. The first-order chi connectivity index (χ1) is 14.7. The van der Waals surface area contributed by atoms with Crippen LogP contribution in [0, 0.1) is 11.7 Å². The number of guanidine groups is 1. The topological polar surface area (TPSA) is 80.3 Å². The molecule has 4 rings (SSSR count). The van der Waals surface area contributed by atoms with E-state index in [0.29, 0.717) is 40.7 Å². The molecule has 8 heteroatoms. The Balaban J connectivity index is 1.83. The highest BCUT2D eigenvalue weighted by Crippen LogP contribution is 2.51. The predicted molar refractivity (Wildman–Crippen MR) is 118 cm³/mol. The number of benzene rings is 2. The Morgan fingerprint density at radius 2 is 2.03 bits per heavy atom. The van der Waals surface area contributed by atoms with Gasteiger partial charge in [0.15, 0.2) is 0 Å². The maximum absolute atomic E-state index is 13.9. The summed E-state index contributed by atoms with van der Waals surface area (Å²) in [6.45, 7) is 4.08. The summed E-state index contributed by atoms with van der Waals surface area (Å²) in [7, 11) is 1.69. The first-order valence-electron chi connectivity index (χ1n) is 10.3. The fourth-order valence-electron chi connectivity index (χ4n) is 4.21. The van der Waals surface area contributed by atoms with E-state index in [0.717, 1.165) is 12.0 Å². The van der Waals surface area contributed by atoms with E-state index < -0.39 is 17.1 Å². The molecule has 2 aromatic carbocycles. The van der Waals surface area contributed by atoms with Gasteiger partial charge in [-0.25, -0.2) is 19.3 Å². The fourth-order valence-corrected chi connectivity index (χ4v) is 4.44. The van der Waals surface area contributed by atoms with Gasteiger partial charge in [-0.2, -0.15) is 0 Å². The minimum absolute atomic E-state index is 0.176. The van der Waals surface area contributed by atoms with Gasteiger partial charge in [0.25, 0.3) is 0 Å². The van der Waals surface area contributed by atoms with Crippen molar-refractivity contribution in [2.45, 2.75) is 44.4 Å². The van der Waals surface area contributed by atoms with Gasteiger partial charge in [0.2, 0.25) is 11.7 Å². The van der Waals surface area contributed by atoms with Gasteiger partial charge < -0.3 is 15.6 Å². The number of ether oxygens (including phenoxy) is 1. The molecular weight excluding hydrogens is 421 g/mol. The number of nitrogens with zero attached hydrogens (tertiary/aromatic N) is 2. The molecule has 0 saturated carbocycles. The highest BCUT2D eigenvalue weighted by molar-refractivity contribution is 6.30. The molecule has 0 fully saturated rings. The lowest BCUT2D eigenvalue weighted by atomic mass is 9.80. The summed E-state index contributed by atoms with van der Waals surface area (Å²) in [5, 5.41) is 12.1. The van der Waals surface area contributed by atoms with E-state index in [4.69, 9.17) is 26.9 Å². The van der Waals surface area contributed by atoms with Crippen LogP contribution in [0.2, 0.25) is 5.02 Å². The molecule has 0 bridgehead atoms. The number of aliphatic hydroxyl groups excluding tert-OH is 1. The van der Waals surface area contributed by atoms with Crippen molar-refractivity contribution >= 4 is 17.6 Å². The second-order valence-corrected chi connectivity index (χ2v) is 9.20. The third-order valence-electron chi connectivity index (χ3n) is 5.86. The number of hydrogen-bond acceptors (Lipinski definition) is 6. The molecule has 0 aliphatic carbocycles. The first kappa shape index (κ1) is 21.9. The Morgan fingerprint density at radius 3 is 2.65 bits per heavy atom. The molecule has 3 N–H and O–H groups in total. The molecule has 0 aromatic heterocycles. The Kier molecular flexibility index (Phi) is 5.62. The van der Waals surface area contributed by atoms with Crippen molar-refractivity contribution in [1.29, 1.82) is 0 Å². The van der Waals surface area contributed by atoms with Gasteiger partial charge in [-0.15, -0.1) is 0 Å². The van der Waals surface area contributed by atoms with E-state index in [2.05, 4.69) is 18.8 Å². The van der Waals surface area contributed by atoms with Crippen molar-refractivity contribution in [3.8, 4) is 16.9 Å². The first-order valence-corrected chi connectivity index (χ1v) is 10.7. The summed E-state index contributed by atoms with van der Waals surface area (Å²) in [4.78, 5) is 10.8. The van der Waals surface area contributed by atoms with Gasteiger partial charge in [-0.05, 0) is 60.2 Å². The molecule has 2 aliphatic rings. The van der Waals surface area contributed by atoms with Crippen LogP contribution in [0.15, 0.2) is 41.4 Å². The standard InChI is InChI=1S/C23H27ClFN3O3/c1-14(2)6-7-22(13-29)12-23(27-21(26)28(3)31-23)19-10-15(4-5-20(19)30-22)16-8-17(24)11-18(25)9-16/h4-5,8-11,14,29H,6-7,12-13H2,1-3H3,(H2,26,27). The lowest BCUT2D eigenvalue weighted by molar-refractivity contribution is -0.209. The van der Waals surface area contributed by atoms with Gasteiger partial charge in [0, 0.05) is 18.5 Å². The van der Waals surface area contributed by atoms with Crippen LogP contribution in [0.1, 0.15) is 38.7 Å². The SMILES string of the molecule is CC(C)CCC1(CO)CC2(N=C(N)N(C)O2)c2cc(-c3cc(F)cc(Cl)c3)ccc2O1. The normalized spacial score (nSPS) is 25.0. The monoisotopic (exact) mass is 447 g/mol. The lowest BCUT2D eigenvalue weighted by Gasteiger charge is -2.44. The second kappa shape index (κ2) is 7.97. The Morgan fingerprint density at radius 1 is 1.26 bits per heavy atom. The maximum atomic E-state index is 13.9. The second-order valence-electron chi connectivity index (χ2n) is 8.76. The average molecular weight is 448 g/mol. The van der Waals surface area contributed by atoms with Crippen molar-refractivity contribution in [2.75, 3.05) is 13.7 Å². The van der Waals surface area contributed by atoms with E-state index in [-0.39, 0.29) is 12.6 Å². The van der Waals surface area contributed by atoms with Gasteiger partial charge in [-0.3, -0.25) is 0 Å². The van der Waals surface area contributed by atoms with Crippen molar-refractivity contribution in [1.82, 2.24) is 5.06 Å². The summed E-state index contributed by atoms with van der Waals surface area (Å²) in [5.41, 5.74) is 6.12. The van der Waals surface area contributed by atoms with E-state index in [9.17, 15) is 9.50 Å². The summed E-state index contributed by atoms with van der Waals surface area (Å²) in [6.07, 6.45) is 1.82. The number of aliphatic imine (C=N–C) groups is 1. The zero-order valence-corrected chi connectivity index (χ0v) is 18.6. The van der Waals surface area contributed by atoms with E-state index in [1.165, 1.54) is 17.2 Å². The molecular formula is C23H27ClFN3O3. The molecule has 0 radical (unpaired) electrons. The minimum Gasteiger partial charge on any atom is -0.484 e. The van der Waals surface area contributed by atoms with Crippen LogP contribution in [0.3, 0.4) is 0 Å². The third-order valence-corrected chi connectivity index (χ3v) is 6.07. The van der Waals surface area contributed by atoms with Crippen LogP contribution in [0.4, 0.5) is 4.39 Å². The number of hydroxylamine groups is 2. The van der Waals surface area contributed by atoms with Crippen LogP contribution in [-0.4, -0.2) is 35.4 Å². The van der Waals surface area contributed by atoms with Gasteiger partial charge in [0.1, 0.15) is 17.2 Å². The highest BCUT2D eigenvalue weighted by Gasteiger charge is 2.54. The van der Waals surface area contributed by atoms with Crippen LogP contribution in [0.5, 0.6) is 5.75 Å². The molecule has 2 atom stereocenters. The molecule has 166 valence electrons. The van der Waals surface area contributed by atoms with Crippen LogP contribution >= 0.6 is 11.6 Å². The molecule has 2 aromatic rings. The lowest BCUT2D eigenvalue weighted by Crippen LogP contribution is -2.51. The van der Waals surface area contributed by atoms with Gasteiger partial charge >= 0.3 is 0 Å². The van der Waals surface area contributed by atoms with Gasteiger partial charge in [0.05, 0.1) is 12.2 Å². The van der Waals surface area contributed by atoms with Crippen LogP contribution in [-0.2, 0) is 10.6 Å². The molecule has 0 saturated heterocycles. The average Bonchev–Trinajstić information content (AvgIpc) is 2.99. The summed E-state index contributed by atoms with van der Waals surface area (Å²) >= 11 is 6.06. The van der Waals surface area contributed by atoms with Crippen molar-refractivity contribution < 1.29 is 19.1 Å². The molecule has 2 heterocycles. The number of fused-ring (bicyclic) bond motifs is 2. The van der Waals surface area contributed by atoms with Crippen molar-refractivity contribution in [2.24, 2.45) is 16.6 Å².